The van der Waals surface area contributed by atoms with Crippen molar-refractivity contribution in [1.82, 2.24) is 0 Å². The van der Waals surface area contributed by atoms with Gasteiger partial charge >= 0.3 is 0 Å². The molecule has 0 aliphatic rings. The lowest BCUT2D eigenvalue weighted by Gasteiger charge is -2.23. The van der Waals surface area contributed by atoms with Crippen molar-refractivity contribution in [3.63, 3.8) is 0 Å². The minimum absolute atomic E-state index is 0.109. The molecule has 0 saturated carbocycles. The molecule has 0 radical (unpaired) electrons. The van der Waals surface area contributed by atoms with Gasteiger partial charge in [-0.2, -0.15) is 0 Å². The molecule has 0 bridgehead atoms. The van der Waals surface area contributed by atoms with Crippen molar-refractivity contribution >= 4 is 27.7 Å². The van der Waals surface area contributed by atoms with E-state index in [4.69, 9.17) is 10.2 Å². The Morgan fingerprint density at radius 1 is 1.32 bits per heavy atom. The summed E-state index contributed by atoms with van der Waals surface area (Å²) >= 11 is 5.40. The molecule has 0 aliphatic heterocycles. The second-order valence-electron chi connectivity index (χ2n) is 4.47. The number of thioether (sulfide) groups is 1. The summed E-state index contributed by atoms with van der Waals surface area (Å²) in [4.78, 5) is 1.16. The van der Waals surface area contributed by atoms with E-state index in [1.807, 2.05) is 19.1 Å². The number of aryl methyl sites for hydroxylation is 1. The SMILES string of the molecule is CCC(N)C(Sc1ccoc1C)c1ccccc1Br. The largest absolute Gasteiger partial charge is 0.468 e. The Morgan fingerprint density at radius 3 is 2.63 bits per heavy atom. The van der Waals surface area contributed by atoms with Gasteiger partial charge < -0.3 is 10.2 Å². The highest BCUT2D eigenvalue weighted by atomic mass is 79.9. The molecule has 2 atom stereocenters. The van der Waals surface area contributed by atoms with Gasteiger partial charge in [0.1, 0.15) is 5.76 Å². The number of halogens is 1. The average Bonchev–Trinajstić information content (AvgIpc) is 2.81. The normalized spacial score (nSPS) is 14.3. The smallest absolute Gasteiger partial charge is 0.114 e. The summed E-state index contributed by atoms with van der Waals surface area (Å²) in [6, 6.07) is 10.4. The highest BCUT2D eigenvalue weighted by molar-refractivity contribution is 9.10. The maximum absolute atomic E-state index is 6.31. The number of hydrogen-bond donors (Lipinski definition) is 1. The van der Waals surface area contributed by atoms with Crippen LogP contribution in [0.5, 0.6) is 0 Å². The van der Waals surface area contributed by atoms with E-state index >= 15 is 0 Å². The number of rotatable bonds is 5. The second-order valence-corrected chi connectivity index (χ2v) is 6.51. The van der Waals surface area contributed by atoms with Crippen LogP contribution >= 0.6 is 27.7 Å². The van der Waals surface area contributed by atoms with Crippen LogP contribution in [-0.4, -0.2) is 6.04 Å². The summed E-state index contributed by atoms with van der Waals surface area (Å²) < 4.78 is 6.48. The number of nitrogens with two attached hydrogens (primary N) is 1. The summed E-state index contributed by atoms with van der Waals surface area (Å²) in [7, 11) is 0. The van der Waals surface area contributed by atoms with Gasteiger partial charge in [-0.3, -0.25) is 0 Å². The second kappa shape index (κ2) is 6.64. The van der Waals surface area contributed by atoms with Crippen molar-refractivity contribution in [1.29, 1.82) is 0 Å². The molecule has 2 rings (SSSR count). The zero-order chi connectivity index (χ0) is 13.8. The first kappa shape index (κ1) is 14.7. The molecule has 0 spiro atoms. The van der Waals surface area contributed by atoms with Crippen LogP contribution in [0.3, 0.4) is 0 Å². The minimum atomic E-state index is 0.109. The summed E-state index contributed by atoms with van der Waals surface area (Å²) in [5.74, 6) is 0.949. The van der Waals surface area contributed by atoms with Crippen molar-refractivity contribution in [3.05, 3.63) is 52.4 Å². The van der Waals surface area contributed by atoms with Crippen molar-refractivity contribution in [2.24, 2.45) is 5.73 Å². The first-order valence-electron chi connectivity index (χ1n) is 6.34. The van der Waals surface area contributed by atoms with Gasteiger partial charge in [0.15, 0.2) is 0 Å². The maximum Gasteiger partial charge on any atom is 0.114 e. The van der Waals surface area contributed by atoms with Crippen LogP contribution in [0.15, 0.2) is 50.4 Å². The highest BCUT2D eigenvalue weighted by Gasteiger charge is 2.23. The number of benzene rings is 1. The van der Waals surface area contributed by atoms with E-state index in [-0.39, 0.29) is 11.3 Å². The number of furan rings is 1. The molecular weight excluding hydrogens is 322 g/mol. The van der Waals surface area contributed by atoms with Gasteiger partial charge in [0.05, 0.1) is 11.5 Å². The molecule has 2 aromatic rings. The van der Waals surface area contributed by atoms with Crippen molar-refractivity contribution in [2.75, 3.05) is 0 Å². The molecule has 0 fully saturated rings. The van der Waals surface area contributed by atoms with Crippen molar-refractivity contribution in [3.8, 4) is 0 Å². The lowest BCUT2D eigenvalue weighted by atomic mass is 10.0. The molecular formula is C15H18BrNOS. The third-order valence-corrected chi connectivity index (χ3v) is 5.39. The van der Waals surface area contributed by atoms with E-state index in [9.17, 15) is 0 Å². The fourth-order valence-corrected chi connectivity index (χ4v) is 3.94. The summed E-state index contributed by atoms with van der Waals surface area (Å²) in [5, 5.41) is 0.219. The Morgan fingerprint density at radius 2 is 2.05 bits per heavy atom. The number of hydrogen-bond acceptors (Lipinski definition) is 3. The van der Waals surface area contributed by atoms with Crippen molar-refractivity contribution < 1.29 is 4.42 Å². The lowest BCUT2D eigenvalue weighted by Crippen LogP contribution is -2.25. The van der Waals surface area contributed by atoms with E-state index in [0.717, 1.165) is 21.5 Å². The van der Waals surface area contributed by atoms with Gasteiger partial charge in [0.25, 0.3) is 0 Å². The zero-order valence-corrected chi connectivity index (χ0v) is 13.5. The minimum Gasteiger partial charge on any atom is -0.468 e. The molecule has 1 aromatic heterocycles. The Bertz CT molecular complexity index is 540. The first-order valence-corrected chi connectivity index (χ1v) is 8.01. The molecule has 102 valence electrons. The van der Waals surface area contributed by atoms with Crippen LogP contribution in [0.1, 0.15) is 29.9 Å². The molecule has 0 saturated heterocycles. The molecule has 4 heteroatoms. The lowest BCUT2D eigenvalue weighted by molar-refractivity contribution is 0.526. The molecule has 1 aromatic carbocycles. The maximum atomic E-state index is 6.31. The standard InChI is InChI=1S/C15H18BrNOS/c1-3-13(17)15(11-6-4-5-7-12(11)16)19-14-8-9-18-10(14)2/h4-9,13,15H,3,17H2,1-2H3. The van der Waals surface area contributed by atoms with E-state index in [1.165, 1.54) is 5.56 Å². The molecule has 19 heavy (non-hydrogen) atoms. The van der Waals surface area contributed by atoms with Gasteiger partial charge in [-0.05, 0) is 31.0 Å². The van der Waals surface area contributed by atoms with E-state index in [1.54, 1.807) is 18.0 Å². The monoisotopic (exact) mass is 339 g/mol. The predicted octanol–water partition coefficient (Wildman–Crippen LogP) is 4.92. The quantitative estimate of drug-likeness (QED) is 0.785. The van der Waals surface area contributed by atoms with Crippen LogP contribution < -0.4 is 5.73 Å². The zero-order valence-electron chi connectivity index (χ0n) is 11.1. The van der Waals surface area contributed by atoms with E-state index in [2.05, 4.69) is 41.1 Å². The van der Waals surface area contributed by atoms with Gasteiger partial charge in [-0.25, -0.2) is 0 Å². The van der Waals surface area contributed by atoms with Crippen LogP contribution in [0.25, 0.3) is 0 Å². The Hall–Kier alpha value is -0.710. The molecule has 0 aliphatic carbocycles. The van der Waals surface area contributed by atoms with Crippen LogP contribution in [0.4, 0.5) is 0 Å². The van der Waals surface area contributed by atoms with Crippen molar-refractivity contribution in [2.45, 2.75) is 36.5 Å². The fourth-order valence-electron chi connectivity index (χ4n) is 1.93. The van der Waals surface area contributed by atoms with Gasteiger partial charge in [-0.1, -0.05) is 41.1 Å². The van der Waals surface area contributed by atoms with Gasteiger partial charge in [-0.15, -0.1) is 11.8 Å². The molecule has 2 N–H and O–H groups in total. The molecule has 1 heterocycles. The van der Waals surface area contributed by atoms with Crippen LogP contribution in [-0.2, 0) is 0 Å². The summed E-state index contributed by atoms with van der Waals surface area (Å²) in [6.45, 7) is 4.11. The molecule has 2 unspecified atom stereocenters. The summed E-state index contributed by atoms with van der Waals surface area (Å²) in [5.41, 5.74) is 7.55. The molecule has 0 amide bonds. The fraction of sp³-hybridized carbons (Fsp3) is 0.333. The topological polar surface area (TPSA) is 39.2 Å². The average molecular weight is 340 g/mol. The van der Waals surface area contributed by atoms with E-state index in [0.29, 0.717) is 0 Å². The highest BCUT2D eigenvalue weighted by Crippen LogP contribution is 2.42. The Kier molecular flexibility index (Phi) is 5.13. The summed E-state index contributed by atoms with van der Waals surface area (Å²) in [6.07, 6.45) is 2.67. The Labute approximate surface area is 126 Å². The van der Waals surface area contributed by atoms with Gasteiger partial charge in [0.2, 0.25) is 0 Å². The first-order chi connectivity index (χ1) is 9.13. The third kappa shape index (κ3) is 3.44. The van der Waals surface area contributed by atoms with Crippen LogP contribution in [0, 0.1) is 6.92 Å². The third-order valence-electron chi connectivity index (χ3n) is 3.14. The van der Waals surface area contributed by atoms with Crippen LogP contribution in [0.2, 0.25) is 0 Å². The van der Waals surface area contributed by atoms with Gasteiger partial charge in [0, 0.05) is 15.4 Å². The molecule has 2 nitrogen and oxygen atoms in total. The predicted molar refractivity (Wildman–Crippen MR) is 84.5 cm³/mol. The van der Waals surface area contributed by atoms with E-state index < -0.39 is 0 Å². The Balaban J connectivity index is 2.32.